The Morgan fingerprint density at radius 1 is 0.356 bits per heavy atom. The van der Waals surface area contributed by atoms with Gasteiger partial charge in [0.25, 0.3) is 0 Å². The van der Waals surface area contributed by atoms with Gasteiger partial charge >= 0.3 is 0 Å². The first-order valence-corrected chi connectivity index (χ1v) is 19.3. The van der Waals surface area contributed by atoms with Crippen molar-refractivity contribution in [3.63, 3.8) is 0 Å². The van der Waals surface area contributed by atoms with Crippen LogP contribution in [0.5, 0.6) is 23.0 Å². The van der Waals surface area contributed by atoms with Crippen LogP contribution in [0.4, 0.5) is 17.1 Å². The van der Waals surface area contributed by atoms with Crippen molar-refractivity contribution in [2.24, 2.45) is 0 Å². The third-order valence-electron chi connectivity index (χ3n) is 11.0. The predicted octanol–water partition coefficient (Wildman–Crippen LogP) is 14.0. The number of ether oxygens (including phenoxy) is 2. The van der Waals surface area contributed by atoms with Crippen LogP contribution in [0.2, 0.25) is 0 Å². The molecule has 0 radical (unpaired) electrons. The van der Waals surface area contributed by atoms with Gasteiger partial charge in [0, 0.05) is 33.2 Å². The fraction of sp³-hybridized carbons (Fsp3) is 0.0192. The maximum absolute atomic E-state index is 6.58. The molecule has 7 nitrogen and oxygen atoms in total. The standard InChI is InChI=1S/C51H31N5O2.CH4/c1-3-13-32(14-4-1)49-52-50(33-15-5-2-6-16-33)54-51(53-49)34-23-26-37(27-24-34)55-40-18-8-7-17-38(40)39-29-35(25-28-41(39)55)36-30-46-48-47(31-36)58-45-22-12-10-20-43(45)56(48)42-19-9-11-21-44(42)57-46;/h1-31H;1H4. The van der Waals surface area contributed by atoms with E-state index in [1.54, 1.807) is 0 Å². The minimum atomic E-state index is 0. The highest BCUT2D eigenvalue weighted by Crippen LogP contribution is 2.60. The highest BCUT2D eigenvalue weighted by Gasteiger charge is 2.35. The molecule has 4 heterocycles. The van der Waals surface area contributed by atoms with Crippen molar-refractivity contribution < 1.29 is 9.47 Å². The molecular formula is C52H35N5O2. The second-order valence-corrected chi connectivity index (χ2v) is 14.5. The molecule has 0 spiro atoms. The summed E-state index contributed by atoms with van der Waals surface area (Å²) in [6.07, 6.45) is 0. The van der Waals surface area contributed by atoms with E-state index >= 15 is 0 Å². The monoisotopic (exact) mass is 761 g/mol. The normalized spacial score (nSPS) is 12.2. The smallest absolute Gasteiger partial charge is 0.164 e. The minimum Gasteiger partial charge on any atom is -0.453 e. The number of hydrogen-bond acceptors (Lipinski definition) is 6. The maximum atomic E-state index is 6.58. The third kappa shape index (κ3) is 5.55. The van der Waals surface area contributed by atoms with E-state index in [9.17, 15) is 0 Å². The second kappa shape index (κ2) is 13.6. The van der Waals surface area contributed by atoms with Crippen LogP contribution in [0.25, 0.3) is 72.8 Å². The van der Waals surface area contributed by atoms with E-state index in [1.165, 1.54) is 5.39 Å². The summed E-state index contributed by atoms with van der Waals surface area (Å²) in [5, 5.41) is 2.32. The summed E-state index contributed by atoms with van der Waals surface area (Å²) in [5.41, 5.74) is 11.0. The lowest BCUT2D eigenvalue weighted by molar-refractivity contribution is 0.446. The molecule has 280 valence electrons. The van der Waals surface area contributed by atoms with Crippen molar-refractivity contribution in [2.45, 2.75) is 7.43 Å². The number of anilines is 3. The predicted molar refractivity (Wildman–Crippen MR) is 237 cm³/mol. The third-order valence-corrected chi connectivity index (χ3v) is 11.0. The molecule has 0 amide bonds. The van der Waals surface area contributed by atoms with Gasteiger partial charge in [-0.2, -0.15) is 0 Å². The molecular weight excluding hydrogens is 727 g/mol. The van der Waals surface area contributed by atoms with Gasteiger partial charge in [-0.3, -0.25) is 4.90 Å². The SMILES string of the molecule is C.c1ccc(-c2nc(-c3ccccc3)nc(-c3ccc(-n4c5ccccc5c5cc(-c6cc7c8c(c6)Oc6ccccc6N8c6ccccc6O7)ccc54)cc3)n2)cc1. The molecule has 0 saturated carbocycles. The Labute approximate surface area is 341 Å². The maximum Gasteiger partial charge on any atom is 0.164 e. The molecule has 59 heavy (non-hydrogen) atoms. The summed E-state index contributed by atoms with van der Waals surface area (Å²) in [6, 6.07) is 64.4. The quantitative estimate of drug-likeness (QED) is 0.174. The molecule has 2 aromatic heterocycles. The number of aromatic nitrogens is 4. The van der Waals surface area contributed by atoms with Crippen molar-refractivity contribution in [3.8, 4) is 74.0 Å². The molecule has 0 unspecified atom stereocenters. The fourth-order valence-electron chi connectivity index (χ4n) is 8.32. The van der Waals surface area contributed by atoms with Crippen LogP contribution in [0.15, 0.2) is 188 Å². The number of benzene rings is 8. The van der Waals surface area contributed by atoms with E-state index in [1.807, 2.05) is 97.1 Å². The van der Waals surface area contributed by atoms with Gasteiger partial charge < -0.3 is 14.0 Å². The van der Waals surface area contributed by atoms with Gasteiger partial charge in [-0.25, -0.2) is 15.0 Å². The van der Waals surface area contributed by atoms with E-state index in [-0.39, 0.29) is 7.43 Å². The summed E-state index contributed by atoms with van der Waals surface area (Å²) in [4.78, 5) is 17.0. The summed E-state index contributed by atoms with van der Waals surface area (Å²) in [6.45, 7) is 0. The fourth-order valence-corrected chi connectivity index (χ4v) is 8.32. The van der Waals surface area contributed by atoms with Gasteiger partial charge in [0.05, 0.1) is 22.4 Å². The number of rotatable bonds is 5. The Hall–Kier alpha value is -8.03. The molecule has 0 saturated heterocycles. The van der Waals surface area contributed by atoms with Crippen LogP contribution in [-0.4, -0.2) is 19.5 Å². The van der Waals surface area contributed by atoms with Gasteiger partial charge in [0.2, 0.25) is 0 Å². The zero-order valence-corrected chi connectivity index (χ0v) is 31.0. The average Bonchev–Trinajstić information content (AvgIpc) is 3.63. The van der Waals surface area contributed by atoms with Crippen molar-refractivity contribution in [2.75, 3.05) is 4.90 Å². The summed E-state index contributed by atoms with van der Waals surface area (Å²) in [7, 11) is 0. The van der Waals surface area contributed by atoms with E-state index in [4.69, 9.17) is 24.4 Å². The van der Waals surface area contributed by atoms with E-state index in [2.05, 4.69) is 100 Å². The van der Waals surface area contributed by atoms with E-state index in [0.29, 0.717) is 17.5 Å². The first-order valence-electron chi connectivity index (χ1n) is 19.3. The van der Waals surface area contributed by atoms with Crippen molar-refractivity contribution in [1.82, 2.24) is 19.5 Å². The first-order chi connectivity index (χ1) is 28.7. The van der Waals surface area contributed by atoms with Crippen LogP contribution in [-0.2, 0) is 0 Å². The van der Waals surface area contributed by atoms with Gasteiger partial charge in [0.1, 0.15) is 5.69 Å². The van der Waals surface area contributed by atoms with Gasteiger partial charge in [0.15, 0.2) is 40.5 Å². The summed E-state index contributed by atoms with van der Waals surface area (Å²) < 4.78 is 15.5. The Bertz CT molecular complexity index is 3110. The Kier molecular flexibility index (Phi) is 7.87. The molecule has 2 aliphatic rings. The first kappa shape index (κ1) is 34.2. The largest absolute Gasteiger partial charge is 0.453 e. The lowest BCUT2D eigenvalue weighted by atomic mass is 9.99. The summed E-state index contributed by atoms with van der Waals surface area (Å²) in [5.74, 6) is 5.03. The van der Waals surface area contributed by atoms with Crippen LogP contribution < -0.4 is 14.4 Å². The molecule has 0 aliphatic carbocycles. The molecule has 12 rings (SSSR count). The molecule has 8 aromatic carbocycles. The number of hydrogen-bond donors (Lipinski definition) is 0. The Balaban J connectivity index is 0.00000397. The highest BCUT2D eigenvalue weighted by atomic mass is 16.5. The Morgan fingerprint density at radius 2 is 0.831 bits per heavy atom. The molecule has 10 aromatic rings. The minimum absolute atomic E-state index is 0. The molecule has 0 bridgehead atoms. The topological polar surface area (TPSA) is 65.3 Å². The number of para-hydroxylation sites is 5. The van der Waals surface area contributed by atoms with Gasteiger partial charge in [-0.1, -0.05) is 117 Å². The molecule has 0 N–H and O–H groups in total. The highest BCUT2D eigenvalue weighted by molar-refractivity contribution is 6.10. The van der Waals surface area contributed by atoms with E-state index in [0.717, 1.165) is 90.0 Å². The van der Waals surface area contributed by atoms with Crippen molar-refractivity contribution in [3.05, 3.63) is 188 Å². The Morgan fingerprint density at radius 3 is 1.42 bits per heavy atom. The van der Waals surface area contributed by atoms with Gasteiger partial charge in [-0.15, -0.1) is 0 Å². The molecule has 0 fully saturated rings. The molecule has 2 aliphatic heterocycles. The average molecular weight is 762 g/mol. The van der Waals surface area contributed by atoms with Crippen molar-refractivity contribution >= 4 is 38.9 Å². The molecule has 7 heteroatoms. The van der Waals surface area contributed by atoms with Crippen molar-refractivity contribution in [1.29, 1.82) is 0 Å². The lowest BCUT2D eigenvalue weighted by Gasteiger charge is -2.38. The zero-order chi connectivity index (χ0) is 38.2. The number of fused-ring (bicyclic) bond motifs is 7. The van der Waals surface area contributed by atoms with Gasteiger partial charge in [-0.05, 0) is 90.0 Å². The van der Waals surface area contributed by atoms with E-state index < -0.39 is 0 Å². The van der Waals surface area contributed by atoms with Crippen LogP contribution in [0.1, 0.15) is 7.43 Å². The van der Waals surface area contributed by atoms with Crippen LogP contribution >= 0.6 is 0 Å². The van der Waals surface area contributed by atoms with Crippen LogP contribution in [0, 0.1) is 0 Å². The summed E-state index contributed by atoms with van der Waals surface area (Å²) >= 11 is 0. The van der Waals surface area contributed by atoms with Crippen LogP contribution in [0.3, 0.4) is 0 Å². The molecule has 0 atom stereocenters. The second-order valence-electron chi connectivity index (χ2n) is 14.5. The number of nitrogens with zero attached hydrogens (tertiary/aromatic N) is 5. The zero-order valence-electron chi connectivity index (χ0n) is 31.0. The lowest BCUT2D eigenvalue weighted by Crippen LogP contribution is -2.20.